The maximum absolute atomic E-state index is 5.21. The number of H-pyrrole nitrogens is 1. The third kappa shape index (κ3) is 3.53. The molecule has 6 heteroatoms. The molecule has 0 spiro atoms. The number of nitrogens with zero attached hydrogens (tertiary/aromatic N) is 4. The summed E-state index contributed by atoms with van der Waals surface area (Å²) in [5.41, 5.74) is 4.07. The van der Waals surface area contributed by atoms with Crippen molar-refractivity contribution in [1.82, 2.24) is 20.2 Å². The molecule has 0 atom stereocenters. The zero-order valence-corrected chi connectivity index (χ0v) is 16.4. The van der Waals surface area contributed by atoms with Crippen LogP contribution in [0.1, 0.15) is 24.6 Å². The second-order valence-corrected chi connectivity index (χ2v) is 7.41. The van der Waals surface area contributed by atoms with Crippen LogP contribution in [-0.4, -0.2) is 40.4 Å². The van der Waals surface area contributed by atoms with Gasteiger partial charge in [-0.25, -0.2) is 4.98 Å². The molecule has 4 aromatic rings. The van der Waals surface area contributed by atoms with Crippen molar-refractivity contribution < 1.29 is 4.74 Å². The highest BCUT2D eigenvalue weighted by atomic mass is 16.5. The standard InChI is InChI=1S/C23H23N5O/c1-29-18-8-6-16(7-9-18)19-10-11-22(27-26-19)28-14-12-17(13-15-28)23-24-20-4-2-3-5-21(20)25-23/h2-11,17H,12-15H2,1H3,(H,24,25). The average molecular weight is 385 g/mol. The van der Waals surface area contributed by atoms with Gasteiger partial charge in [0.25, 0.3) is 0 Å². The van der Waals surface area contributed by atoms with Gasteiger partial charge < -0.3 is 14.6 Å². The lowest BCUT2D eigenvalue weighted by Crippen LogP contribution is -2.33. The minimum absolute atomic E-state index is 0.463. The van der Waals surface area contributed by atoms with Gasteiger partial charge in [-0.2, -0.15) is 0 Å². The van der Waals surface area contributed by atoms with Gasteiger partial charge >= 0.3 is 0 Å². The van der Waals surface area contributed by atoms with Crippen LogP contribution < -0.4 is 9.64 Å². The maximum atomic E-state index is 5.21. The van der Waals surface area contributed by atoms with E-state index in [0.717, 1.165) is 65.6 Å². The van der Waals surface area contributed by atoms with E-state index in [1.807, 2.05) is 42.5 Å². The summed E-state index contributed by atoms with van der Waals surface area (Å²) in [6, 6.07) is 20.2. The van der Waals surface area contributed by atoms with E-state index in [-0.39, 0.29) is 0 Å². The Morgan fingerprint density at radius 1 is 0.931 bits per heavy atom. The van der Waals surface area contributed by atoms with E-state index in [4.69, 9.17) is 9.72 Å². The number of hydrogen-bond donors (Lipinski definition) is 1. The molecule has 1 aliphatic rings. The lowest BCUT2D eigenvalue weighted by Gasteiger charge is -2.31. The van der Waals surface area contributed by atoms with Gasteiger partial charge in [-0.3, -0.25) is 0 Å². The Bertz CT molecular complexity index is 1060. The zero-order valence-electron chi connectivity index (χ0n) is 16.4. The quantitative estimate of drug-likeness (QED) is 0.563. The molecule has 5 rings (SSSR count). The van der Waals surface area contributed by atoms with Gasteiger partial charge in [-0.15, -0.1) is 10.2 Å². The predicted molar refractivity (Wildman–Crippen MR) is 114 cm³/mol. The zero-order chi connectivity index (χ0) is 19.6. The molecule has 146 valence electrons. The largest absolute Gasteiger partial charge is 0.497 e. The number of hydrogen-bond acceptors (Lipinski definition) is 5. The van der Waals surface area contributed by atoms with Crippen LogP contribution >= 0.6 is 0 Å². The highest BCUT2D eigenvalue weighted by Gasteiger charge is 2.24. The second kappa shape index (κ2) is 7.54. The number of aromatic amines is 1. The Labute approximate surface area is 169 Å². The molecule has 2 aromatic heterocycles. The van der Waals surface area contributed by atoms with Crippen molar-refractivity contribution in [3.63, 3.8) is 0 Å². The van der Waals surface area contributed by atoms with E-state index in [9.17, 15) is 0 Å². The minimum atomic E-state index is 0.463. The number of para-hydroxylation sites is 2. The summed E-state index contributed by atoms with van der Waals surface area (Å²) in [7, 11) is 1.67. The van der Waals surface area contributed by atoms with E-state index in [1.54, 1.807) is 7.11 Å². The highest BCUT2D eigenvalue weighted by Crippen LogP contribution is 2.30. The fourth-order valence-electron chi connectivity index (χ4n) is 3.96. The van der Waals surface area contributed by atoms with Crippen molar-refractivity contribution in [2.75, 3.05) is 25.1 Å². The third-order valence-corrected chi connectivity index (χ3v) is 5.65. The molecular weight excluding hydrogens is 362 g/mol. The summed E-state index contributed by atoms with van der Waals surface area (Å²) in [4.78, 5) is 10.6. The Balaban J connectivity index is 1.25. The summed E-state index contributed by atoms with van der Waals surface area (Å²) < 4.78 is 5.21. The maximum Gasteiger partial charge on any atom is 0.151 e. The Morgan fingerprint density at radius 3 is 2.41 bits per heavy atom. The molecule has 0 amide bonds. The van der Waals surface area contributed by atoms with Crippen molar-refractivity contribution in [2.24, 2.45) is 0 Å². The van der Waals surface area contributed by atoms with E-state index < -0.39 is 0 Å². The van der Waals surface area contributed by atoms with E-state index >= 15 is 0 Å². The fourth-order valence-corrected chi connectivity index (χ4v) is 3.96. The van der Waals surface area contributed by atoms with Crippen molar-refractivity contribution >= 4 is 16.9 Å². The van der Waals surface area contributed by atoms with Gasteiger partial charge in [0.1, 0.15) is 11.6 Å². The van der Waals surface area contributed by atoms with Crippen LogP contribution in [0, 0.1) is 0 Å². The number of methoxy groups -OCH3 is 1. The van der Waals surface area contributed by atoms with Crippen LogP contribution in [0.3, 0.4) is 0 Å². The fraction of sp³-hybridized carbons (Fsp3) is 0.261. The normalized spacial score (nSPS) is 15.0. The monoisotopic (exact) mass is 385 g/mol. The molecule has 2 aromatic carbocycles. The van der Waals surface area contributed by atoms with Crippen LogP contribution in [0.4, 0.5) is 5.82 Å². The first-order valence-electron chi connectivity index (χ1n) is 9.98. The molecule has 0 unspecified atom stereocenters. The van der Waals surface area contributed by atoms with Gasteiger partial charge in [0.15, 0.2) is 5.82 Å². The number of rotatable bonds is 4. The first-order chi connectivity index (χ1) is 14.3. The van der Waals surface area contributed by atoms with Crippen LogP contribution in [0.2, 0.25) is 0 Å². The van der Waals surface area contributed by atoms with E-state index in [1.165, 1.54) is 0 Å². The van der Waals surface area contributed by atoms with E-state index in [0.29, 0.717) is 5.92 Å². The van der Waals surface area contributed by atoms with Gasteiger partial charge in [0.05, 0.1) is 23.8 Å². The van der Waals surface area contributed by atoms with Crippen LogP contribution in [0.15, 0.2) is 60.7 Å². The second-order valence-electron chi connectivity index (χ2n) is 7.41. The van der Waals surface area contributed by atoms with Crippen LogP contribution in [0.25, 0.3) is 22.3 Å². The number of piperidine rings is 1. The van der Waals surface area contributed by atoms with Crippen molar-refractivity contribution in [3.8, 4) is 17.0 Å². The molecule has 6 nitrogen and oxygen atoms in total. The minimum Gasteiger partial charge on any atom is -0.497 e. The van der Waals surface area contributed by atoms with Gasteiger partial charge in [0, 0.05) is 24.6 Å². The number of aromatic nitrogens is 4. The lowest BCUT2D eigenvalue weighted by molar-refractivity contribution is 0.415. The molecule has 3 heterocycles. The molecule has 0 radical (unpaired) electrons. The first-order valence-corrected chi connectivity index (χ1v) is 9.98. The third-order valence-electron chi connectivity index (χ3n) is 5.65. The molecule has 1 saturated heterocycles. The summed E-state index contributed by atoms with van der Waals surface area (Å²) >= 11 is 0. The number of ether oxygens (including phenoxy) is 1. The Kier molecular flexibility index (Phi) is 4.60. The van der Waals surface area contributed by atoms with Gasteiger partial charge in [-0.1, -0.05) is 12.1 Å². The Hall–Kier alpha value is -3.41. The first kappa shape index (κ1) is 17.7. The Morgan fingerprint density at radius 2 is 1.72 bits per heavy atom. The molecule has 1 aliphatic heterocycles. The number of imidazole rings is 1. The number of benzene rings is 2. The van der Waals surface area contributed by atoms with Crippen LogP contribution in [0.5, 0.6) is 5.75 Å². The highest BCUT2D eigenvalue weighted by molar-refractivity contribution is 5.74. The average Bonchev–Trinajstić information content (AvgIpc) is 3.24. The molecule has 0 saturated carbocycles. The molecule has 0 bridgehead atoms. The smallest absolute Gasteiger partial charge is 0.151 e. The van der Waals surface area contributed by atoms with Crippen molar-refractivity contribution in [2.45, 2.75) is 18.8 Å². The summed E-state index contributed by atoms with van der Waals surface area (Å²) in [6.45, 7) is 1.91. The predicted octanol–water partition coefficient (Wildman–Crippen LogP) is 4.41. The molecule has 1 N–H and O–H groups in total. The topological polar surface area (TPSA) is 66.9 Å². The van der Waals surface area contributed by atoms with Crippen molar-refractivity contribution in [1.29, 1.82) is 0 Å². The van der Waals surface area contributed by atoms with Crippen LogP contribution in [-0.2, 0) is 0 Å². The molecule has 0 aliphatic carbocycles. The number of fused-ring (bicyclic) bond motifs is 1. The van der Waals surface area contributed by atoms with Gasteiger partial charge in [-0.05, 0) is 61.4 Å². The number of anilines is 1. The van der Waals surface area contributed by atoms with Gasteiger partial charge in [0.2, 0.25) is 0 Å². The SMILES string of the molecule is COc1ccc(-c2ccc(N3CCC(c4nc5ccccc5[nH]4)CC3)nn2)cc1. The molecular formula is C23H23N5O. The summed E-state index contributed by atoms with van der Waals surface area (Å²) in [6.07, 6.45) is 2.11. The van der Waals surface area contributed by atoms with E-state index in [2.05, 4.69) is 38.3 Å². The summed E-state index contributed by atoms with van der Waals surface area (Å²) in [5, 5.41) is 8.91. The van der Waals surface area contributed by atoms with Crippen molar-refractivity contribution in [3.05, 3.63) is 66.5 Å². The lowest BCUT2D eigenvalue weighted by atomic mass is 9.96. The molecule has 1 fully saturated rings. The molecule has 29 heavy (non-hydrogen) atoms. The number of nitrogens with one attached hydrogen (secondary N) is 1. The summed E-state index contributed by atoms with van der Waals surface area (Å²) in [5.74, 6) is 3.34.